The van der Waals surface area contributed by atoms with Crippen molar-refractivity contribution in [3.63, 3.8) is 0 Å². The Kier molecular flexibility index (Phi) is 8.84. The lowest BCUT2D eigenvalue weighted by molar-refractivity contribution is -0.138. The summed E-state index contributed by atoms with van der Waals surface area (Å²) in [6.07, 6.45) is -4.84. The average molecular weight is 595 g/mol. The number of rotatable bonds is 8. The highest BCUT2D eigenvalue weighted by atomic mass is 19.4. The van der Waals surface area contributed by atoms with E-state index >= 15 is 0 Å². The van der Waals surface area contributed by atoms with Crippen LogP contribution in [0.15, 0.2) is 82.4 Å². The van der Waals surface area contributed by atoms with Crippen molar-refractivity contribution in [3.05, 3.63) is 133 Å². The van der Waals surface area contributed by atoms with E-state index in [0.29, 0.717) is 38.3 Å². The van der Waals surface area contributed by atoms with E-state index in [1.54, 1.807) is 24.3 Å². The van der Waals surface area contributed by atoms with Crippen molar-refractivity contribution in [2.24, 2.45) is 5.73 Å². The van der Waals surface area contributed by atoms with E-state index in [1.165, 1.54) is 6.92 Å². The zero-order chi connectivity index (χ0) is 30.7. The molecule has 1 saturated heterocycles. The van der Waals surface area contributed by atoms with E-state index < -0.39 is 47.0 Å². The first-order chi connectivity index (χ1) is 20.5. The monoisotopic (exact) mass is 594 g/mol. The molecule has 1 aromatic heterocycles. The van der Waals surface area contributed by atoms with Crippen LogP contribution in [0.5, 0.6) is 0 Å². The summed E-state index contributed by atoms with van der Waals surface area (Å²) in [5.74, 6) is -1.09. The van der Waals surface area contributed by atoms with Crippen LogP contribution in [0.3, 0.4) is 0 Å². The second kappa shape index (κ2) is 12.6. The largest absolute Gasteiger partial charge is 0.416 e. The van der Waals surface area contributed by atoms with Crippen LogP contribution in [0.25, 0.3) is 0 Å². The molecule has 0 spiro atoms. The van der Waals surface area contributed by atoms with Gasteiger partial charge in [-0.15, -0.1) is 0 Å². The Morgan fingerprint density at radius 2 is 1.63 bits per heavy atom. The van der Waals surface area contributed by atoms with Gasteiger partial charge in [-0.2, -0.15) is 13.2 Å². The molecular formula is C32H32F4N5O2. The Morgan fingerprint density at radius 1 is 0.907 bits per heavy atom. The Morgan fingerprint density at radius 3 is 2.28 bits per heavy atom. The fraction of sp³-hybridized carbons (Fsp3) is 0.312. The first-order valence-electron chi connectivity index (χ1n) is 14.0. The zero-order valence-corrected chi connectivity index (χ0v) is 23.6. The van der Waals surface area contributed by atoms with Gasteiger partial charge in [-0.3, -0.25) is 18.8 Å². The summed E-state index contributed by atoms with van der Waals surface area (Å²) in [5.41, 5.74) is 5.25. The third-order valence-corrected chi connectivity index (χ3v) is 7.87. The number of benzene rings is 3. The van der Waals surface area contributed by atoms with Gasteiger partial charge in [0.1, 0.15) is 11.5 Å². The molecule has 4 aromatic rings. The van der Waals surface area contributed by atoms with Gasteiger partial charge >= 0.3 is 11.9 Å². The molecule has 0 unspecified atom stereocenters. The first-order valence-corrected chi connectivity index (χ1v) is 14.0. The highest BCUT2D eigenvalue weighted by Crippen LogP contribution is 2.33. The Bertz CT molecular complexity index is 1680. The van der Waals surface area contributed by atoms with Crippen molar-refractivity contribution < 1.29 is 17.6 Å². The lowest BCUT2D eigenvalue weighted by Crippen LogP contribution is -2.51. The first kappa shape index (κ1) is 30.2. The number of nitrogens with zero attached hydrogens (tertiary/aromatic N) is 4. The maximum atomic E-state index is 14.9. The number of halogens is 4. The molecule has 3 aromatic carbocycles. The second-order valence-electron chi connectivity index (χ2n) is 10.7. The summed E-state index contributed by atoms with van der Waals surface area (Å²) in [6, 6.07) is 21.6. The van der Waals surface area contributed by atoms with Crippen LogP contribution in [-0.4, -0.2) is 40.2 Å². The fourth-order valence-electron chi connectivity index (χ4n) is 5.56. The van der Waals surface area contributed by atoms with E-state index in [1.807, 2.05) is 35.2 Å². The second-order valence-corrected chi connectivity index (χ2v) is 10.7. The van der Waals surface area contributed by atoms with Crippen molar-refractivity contribution >= 4 is 5.69 Å². The van der Waals surface area contributed by atoms with Gasteiger partial charge in [0.15, 0.2) is 0 Å². The molecule has 7 nitrogen and oxygen atoms in total. The third kappa shape index (κ3) is 6.57. The molecule has 43 heavy (non-hydrogen) atoms. The van der Waals surface area contributed by atoms with Crippen molar-refractivity contribution in [3.8, 4) is 0 Å². The number of piperazine rings is 1. The fourth-order valence-corrected chi connectivity index (χ4v) is 5.56. The molecule has 0 aliphatic carbocycles. The molecule has 0 amide bonds. The van der Waals surface area contributed by atoms with Crippen LogP contribution >= 0.6 is 0 Å². The number of aromatic nitrogens is 2. The lowest BCUT2D eigenvalue weighted by atomic mass is 10.1. The minimum absolute atomic E-state index is 0.169. The molecule has 1 aliphatic heterocycles. The minimum Gasteiger partial charge on any atom is -0.363 e. The highest BCUT2D eigenvalue weighted by molar-refractivity contribution is 5.50. The normalized spacial score (nSPS) is 15.1. The molecule has 11 heteroatoms. The molecular weight excluding hydrogens is 562 g/mol. The van der Waals surface area contributed by atoms with Gasteiger partial charge in [-0.05, 0) is 42.3 Å². The van der Waals surface area contributed by atoms with Crippen molar-refractivity contribution in [1.29, 1.82) is 0 Å². The number of nitrogens with two attached hydrogens (primary N) is 1. The van der Waals surface area contributed by atoms with E-state index in [4.69, 9.17) is 5.73 Å². The average Bonchev–Trinajstić information content (AvgIpc) is 2.99. The summed E-state index contributed by atoms with van der Waals surface area (Å²) in [4.78, 5) is 31.8. The van der Waals surface area contributed by atoms with Gasteiger partial charge in [0.25, 0.3) is 5.56 Å². The van der Waals surface area contributed by atoms with Crippen molar-refractivity contribution in [2.45, 2.75) is 38.8 Å². The van der Waals surface area contributed by atoms with Crippen LogP contribution in [0.4, 0.5) is 23.2 Å². The van der Waals surface area contributed by atoms with E-state index in [2.05, 4.69) is 11.0 Å². The van der Waals surface area contributed by atoms with Crippen molar-refractivity contribution in [2.75, 3.05) is 31.1 Å². The number of alkyl halides is 3. The topological polar surface area (TPSA) is 76.5 Å². The smallest absolute Gasteiger partial charge is 0.363 e. The summed E-state index contributed by atoms with van der Waals surface area (Å²) in [6.45, 7) is 3.43. The standard InChI is InChI=1S/C32H32F4N5O2/c1-22-29(39-17-15-38(16-18-39)19-23-9-4-2-5-10-23)30(42)41(21-28(37)24-11-6-3-7-12-24)31(43)40(22)20-25-26(32(34,35)36)13-8-14-27(25)33/h2-4,6-14,28H,15-21,37H2,1H3/t28-/m1/s1. The van der Waals surface area contributed by atoms with Gasteiger partial charge in [0, 0.05) is 50.0 Å². The van der Waals surface area contributed by atoms with Crippen LogP contribution < -0.4 is 21.9 Å². The van der Waals surface area contributed by atoms with Gasteiger partial charge in [0.05, 0.1) is 18.7 Å². The molecule has 5 rings (SSSR count). The maximum absolute atomic E-state index is 14.9. The maximum Gasteiger partial charge on any atom is 0.416 e. The Labute approximate surface area is 246 Å². The zero-order valence-electron chi connectivity index (χ0n) is 23.6. The van der Waals surface area contributed by atoms with E-state index in [-0.39, 0.29) is 17.9 Å². The summed E-state index contributed by atoms with van der Waals surface area (Å²) in [7, 11) is 0. The van der Waals surface area contributed by atoms with Gasteiger partial charge < -0.3 is 10.6 Å². The molecule has 1 fully saturated rings. The number of hydrogen-bond donors (Lipinski definition) is 1. The minimum atomic E-state index is -4.84. The van der Waals surface area contributed by atoms with Gasteiger partial charge in [-0.1, -0.05) is 54.6 Å². The summed E-state index contributed by atoms with van der Waals surface area (Å²) in [5, 5.41) is 0. The van der Waals surface area contributed by atoms with Crippen LogP contribution in [-0.2, 0) is 25.8 Å². The van der Waals surface area contributed by atoms with Crippen LogP contribution in [0.2, 0.25) is 0 Å². The number of hydrogen-bond acceptors (Lipinski definition) is 5. The molecule has 1 atom stereocenters. The molecule has 2 heterocycles. The number of anilines is 1. The quantitative estimate of drug-likeness (QED) is 0.307. The van der Waals surface area contributed by atoms with Gasteiger partial charge in [0.2, 0.25) is 0 Å². The molecule has 1 aliphatic rings. The Balaban J connectivity index is 1.55. The van der Waals surface area contributed by atoms with E-state index in [9.17, 15) is 27.2 Å². The SMILES string of the molecule is Cc1c(N2CCN(Cc3c[c]ccc3)CC2)c(=O)n(C[C@@H](N)c2ccccc2)c(=O)n1Cc1c(F)cccc1C(F)(F)F. The van der Waals surface area contributed by atoms with E-state index in [0.717, 1.165) is 32.9 Å². The predicted molar refractivity (Wildman–Crippen MR) is 156 cm³/mol. The van der Waals surface area contributed by atoms with Crippen LogP contribution in [0, 0.1) is 18.8 Å². The predicted octanol–water partition coefficient (Wildman–Crippen LogP) is 4.35. The third-order valence-electron chi connectivity index (χ3n) is 7.87. The molecule has 225 valence electrons. The molecule has 0 bridgehead atoms. The van der Waals surface area contributed by atoms with Crippen LogP contribution in [0.1, 0.15) is 34.0 Å². The molecule has 1 radical (unpaired) electrons. The summed E-state index contributed by atoms with van der Waals surface area (Å²) < 4.78 is 58.5. The highest BCUT2D eigenvalue weighted by Gasteiger charge is 2.35. The molecule has 0 saturated carbocycles. The molecule has 2 N–H and O–H groups in total. The lowest BCUT2D eigenvalue weighted by Gasteiger charge is -2.37. The summed E-state index contributed by atoms with van der Waals surface area (Å²) >= 11 is 0. The Hall–Kier alpha value is -4.22. The van der Waals surface area contributed by atoms with Gasteiger partial charge in [-0.25, -0.2) is 9.18 Å². The van der Waals surface area contributed by atoms with Crippen molar-refractivity contribution in [1.82, 2.24) is 14.0 Å².